The molecule has 3 aromatic rings. The van der Waals surface area contributed by atoms with Crippen LogP contribution in [0.25, 0.3) is 10.8 Å². The van der Waals surface area contributed by atoms with Crippen LogP contribution in [-0.4, -0.2) is 46.4 Å². The summed E-state index contributed by atoms with van der Waals surface area (Å²) >= 11 is 0. The van der Waals surface area contributed by atoms with Crippen LogP contribution in [0.3, 0.4) is 0 Å². The highest BCUT2D eigenvalue weighted by Gasteiger charge is 2.22. The zero-order valence-corrected chi connectivity index (χ0v) is 20.0. The number of carbonyl (C=O) groups excluding carboxylic acids is 2. The first-order chi connectivity index (χ1) is 15.6. The van der Waals surface area contributed by atoms with Crippen LogP contribution in [0, 0.1) is 19.8 Å². The second-order valence-electron chi connectivity index (χ2n) is 8.73. The lowest BCUT2D eigenvalue weighted by Crippen LogP contribution is -2.28. The maximum absolute atomic E-state index is 12.9. The molecule has 2 heterocycles. The van der Waals surface area contributed by atoms with E-state index in [4.69, 9.17) is 9.47 Å². The molecule has 0 fully saturated rings. The van der Waals surface area contributed by atoms with Crippen LogP contribution in [0.2, 0.25) is 0 Å². The molecule has 0 N–H and O–H groups in total. The van der Waals surface area contributed by atoms with E-state index in [1.807, 2.05) is 39.2 Å². The maximum atomic E-state index is 12.9. The van der Waals surface area contributed by atoms with Gasteiger partial charge in [0.05, 0.1) is 18.0 Å². The van der Waals surface area contributed by atoms with Gasteiger partial charge in [0.1, 0.15) is 0 Å². The summed E-state index contributed by atoms with van der Waals surface area (Å²) < 4.78 is 13.9. The molecule has 0 spiro atoms. The van der Waals surface area contributed by atoms with Crippen molar-refractivity contribution in [3.63, 3.8) is 0 Å². The third-order valence-corrected chi connectivity index (χ3v) is 5.57. The van der Waals surface area contributed by atoms with Gasteiger partial charge in [0, 0.05) is 36.0 Å². The van der Waals surface area contributed by atoms with Crippen molar-refractivity contribution in [3.05, 3.63) is 63.3 Å². The number of methoxy groups -OCH3 is 1. The molecule has 8 heteroatoms. The number of ketones is 1. The van der Waals surface area contributed by atoms with Crippen molar-refractivity contribution in [1.29, 1.82) is 0 Å². The largest absolute Gasteiger partial charge is 0.452 e. The monoisotopic (exact) mass is 453 g/mol. The van der Waals surface area contributed by atoms with Crippen molar-refractivity contribution in [2.45, 2.75) is 47.2 Å². The summed E-state index contributed by atoms with van der Waals surface area (Å²) in [4.78, 5) is 38.5. The van der Waals surface area contributed by atoms with Gasteiger partial charge in [-0.2, -0.15) is 5.10 Å². The Hall–Kier alpha value is -3.26. The van der Waals surface area contributed by atoms with Crippen molar-refractivity contribution in [2.24, 2.45) is 5.92 Å². The van der Waals surface area contributed by atoms with E-state index in [1.54, 1.807) is 37.4 Å². The topological polar surface area (TPSA) is 92.4 Å². The van der Waals surface area contributed by atoms with Gasteiger partial charge < -0.3 is 14.0 Å². The number of esters is 1. The Morgan fingerprint density at radius 3 is 2.39 bits per heavy atom. The molecule has 0 amide bonds. The number of hydrogen-bond acceptors (Lipinski definition) is 6. The van der Waals surface area contributed by atoms with E-state index in [9.17, 15) is 14.4 Å². The van der Waals surface area contributed by atoms with Crippen molar-refractivity contribution in [1.82, 2.24) is 14.3 Å². The Kier molecular flexibility index (Phi) is 7.48. The van der Waals surface area contributed by atoms with E-state index in [0.29, 0.717) is 29.5 Å². The van der Waals surface area contributed by atoms with Crippen molar-refractivity contribution < 1.29 is 19.1 Å². The zero-order chi connectivity index (χ0) is 24.3. The molecule has 0 bridgehead atoms. The van der Waals surface area contributed by atoms with Gasteiger partial charge >= 0.3 is 5.97 Å². The molecule has 176 valence electrons. The van der Waals surface area contributed by atoms with E-state index in [1.165, 1.54) is 4.68 Å². The van der Waals surface area contributed by atoms with Gasteiger partial charge in [-0.1, -0.05) is 32.0 Å². The predicted molar refractivity (Wildman–Crippen MR) is 126 cm³/mol. The van der Waals surface area contributed by atoms with Gasteiger partial charge in [-0.05, 0) is 38.8 Å². The van der Waals surface area contributed by atoms with Crippen molar-refractivity contribution in [3.8, 4) is 0 Å². The number of carbonyl (C=O) groups is 2. The number of nitrogens with zero attached hydrogens (tertiary/aromatic N) is 3. The van der Waals surface area contributed by atoms with Gasteiger partial charge in [0.2, 0.25) is 5.78 Å². The first-order valence-electron chi connectivity index (χ1n) is 11.0. The molecule has 0 radical (unpaired) electrons. The fourth-order valence-corrected chi connectivity index (χ4v) is 4.19. The Morgan fingerprint density at radius 1 is 1.09 bits per heavy atom. The number of aryl methyl sites for hydroxylation is 1. The summed E-state index contributed by atoms with van der Waals surface area (Å²) in [5.74, 6) is -0.872. The van der Waals surface area contributed by atoms with E-state index in [-0.39, 0.29) is 29.0 Å². The highest BCUT2D eigenvalue weighted by Crippen LogP contribution is 2.22. The number of Topliss-reactive ketones (excluding diaryl/α,β-unsaturated/α-hetero) is 1. The fourth-order valence-electron chi connectivity index (χ4n) is 4.19. The number of ether oxygens (including phenoxy) is 2. The SMILES string of the molecule is COCC(C)n1c(C)cc(C(=O)COC(=O)c2nn(CC(C)C)c(=O)c3ccccc23)c1C. The fraction of sp³-hybridized carbons (Fsp3) is 0.440. The highest BCUT2D eigenvalue weighted by molar-refractivity contribution is 6.04. The Labute approximate surface area is 193 Å². The summed E-state index contributed by atoms with van der Waals surface area (Å²) in [6.07, 6.45) is 0. The number of benzene rings is 1. The normalized spacial score (nSPS) is 12.3. The third kappa shape index (κ3) is 5.06. The molecular weight excluding hydrogens is 422 g/mol. The second-order valence-corrected chi connectivity index (χ2v) is 8.73. The maximum Gasteiger partial charge on any atom is 0.359 e. The molecular formula is C25H31N3O5. The molecule has 0 saturated carbocycles. The Balaban J connectivity index is 1.86. The van der Waals surface area contributed by atoms with Gasteiger partial charge in [-0.15, -0.1) is 0 Å². The van der Waals surface area contributed by atoms with Gasteiger partial charge in [0.25, 0.3) is 5.56 Å². The van der Waals surface area contributed by atoms with Gasteiger partial charge in [-0.25, -0.2) is 9.48 Å². The number of rotatable bonds is 9. The van der Waals surface area contributed by atoms with Crippen LogP contribution < -0.4 is 5.56 Å². The molecule has 0 aliphatic carbocycles. The predicted octanol–water partition coefficient (Wildman–Crippen LogP) is 3.72. The minimum Gasteiger partial charge on any atom is -0.452 e. The van der Waals surface area contributed by atoms with Gasteiger partial charge in [-0.3, -0.25) is 9.59 Å². The van der Waals surface area contributed by atoms with E-state index in [0.717, 1.165) is 11.4 Å². The highest BCUT2D eigenvalue weighted by atomic mass is 16.5. The Bertz CT molecular complexity index is 1240. The smallest absolute Gasteiger partial charge is 0.359 e. The first-order valence-corrected chi connectivity index (χ1v) is 11.0. The average Bonchev–Trinajstić information content (AvgIpc) is 3.07. The van der Waals surface area contributed by atoms with E-state index in [2.05, 4.69) is 5.10 Å². The quantitative estimate of drug-likeness (QED) is 0.362. The third-order valence-electron chi connectivity index (χ3n) is 5.57. The lowest BCUT2D eigenvalue weighted by molar-refractivity contribution is 0.0468. The van der Waals surface area contributed by atoms with Crippen LogP contribution in [-0.2, 0) is 16.0 Å². The number of fused-ring (bicyclic) bond motifs is 1. The standard InChI is InChI=1S/C25H31N3O5/c1-15(2)12-27-24(30)20-10-8-7-9-19(20)23(26-27)25(31)33-14-22(29)21-11-16(3)28(18(21)5)17(4)13-32-6/h7-11,15,17H,12-14H2,1-6H3. The molecule has 1 unspecified atom stereocenters. The molecule has 2 aromatic heterocycles. The molecule has 0 saturated heterocycles. The molecule has 3 rings (SSSR count). The molecule has 0 aliphatic heterocycles. The van der Waals surface area contributed by atoms with Crippen LogP contribution >= 0.6 is 0 Å². The summed E-state index contributed by atoms with van der Waals surface area (Å²) in [5, 5.41) is 5.07. The zero-order valence-electron chi connectivity index (χ0n) is 20.0. The van der Waals surface area contributed by atoms with E-state index < -0.39 is 12.6 Å². The molecule has 0 aliphatic rings. The molecule has 33 heavy (non-hydrogen) atoms. The number of aromatic nitrogens is 3. The molecule has 1 aromatic carbocycles. The van der Waals surface area contributed by atoms with Crippen LogP contribution in [0.15, 0.2) is 35.1 Å². The van der Waals surface area contributed by atoms with E-state index >= 15 is 0 Å². The summed E-state index contributed by atoms with van der Waals surface area (Å²) in [7, 11) is 1.64. The second kappa shape index (κ2) is 10.1. The van der Waals surface area contributed by atoms with Gasteiger partial charge in [0.15, 0.2) is 12.3 Å². The summed E-state index contributed by atoms with van der Waals surface area (Å²) in [5.41, 5.74) is 2.00. The minimum absolute atomic E-state index is 0.0258. The summed E-state index contributed by atoms with van der Waals surface area (Å²) in [6, 6.07) is 8.66. The van der Waals surface area contributed by atoms with Crippen molar-refractivity contribution in [2.75, 3.05) is 20.3 Å². The molecule has 8 nitrogen and oxygen atoms in total. The average molecular weight is 454 g/mol. The van der Waals surface area contributed by atoms with Crippen LogP contribution in [0.1, 0.15) is 59.0 Å². The van der Waals surface area contributed by atoms with Crippen molar-refractivity contribution >= 4 is 22.5 Å². The summed E-state index contributed by atoms with van der Waals surface area (Å²) in [6.45, 7) is 10.2. The lowest BCUT2D eigenvalue weighted by atomic mass is 10.1. The molecule has 1 atom stereocenters. The van der Waals surface area contributed by atoms with Crippen LogP contribution in [0.5, 0.6) is 0 Å². The number of hydrogen-bond donors (Lipinski definition) is 0. The van der Waals surface area contributed by atoms with Crippen LogP contribution in [0.4, 0.5) is 0 Å². The minimum atomic E-state index is -0.737. The Morgan fingerprint density at radius 2 is 1.76 bits per heavy atom. The lowest BCUT2D eigenvalue weighted by Gasteiger charge is -2.17. The first kappa shape index (κ1) is 24.4.